The molecule has 1 fully saturated rings. The molecule has 3 amide bonds. The second-order valence-electron chi connectivity index (χ2n) is 9.18. The number of nitrogens with two attached hydrogens (primary N) is 1. The monoisotopic (exact) mass is 528 g/mol. The number of hydrogen-bond donors (Lipinski definition) is 7. The molecule has 0 aromatic heterocycles. The van der Waals surface area contributed by atoms with E-state index in [0.29, 0.717) is 17.5 Å². The van der Waals surface area contributed by atoms with E-state index in [9.17, 15) is 39.6 Å². The number of rotatable bonds is 11. The first-order valence-electron chi connectivity index (χ1n) is 12.1. The van der Waals surface area contributed by atoms with Gasteiger partial charge in [-0.2, -0.15) is 0 Å². The van der Waals surface area contributed by atoms with E-state index in [2.05, 4.69) is 10.6 Å². The van der Waals surface area contributed by atoms with Crippen molar-refractivity contribution in [2.24, 2.45) is 5.73 Å². The smallest absolute Gasteiger partial charge is 0.326 e. The summed E-state index contributed by atoms with van der Waals surface area (Å²) >= 11 is 0. The van der Waals surface area contributed by atoms with E-state index in [1.54, 1.807) is 24.3 Å². The van der Waals surface area contributed by atoms with Crippen molar-refractivity contribution >= 4 is 23.7 Å². The third kappa shape index (κ3) is 7.43. The number of nitrogens with one attached hydrogen (secondary N) is 2. The van der Waals surface area contributed by atoms with E-state index in [1.807, 2.05) is 0 Å². The number of aliphatic hydroxyl groups is 1. The highest BCUT2D eigenvalue weighted by atomic mass is 16.4. The van der Waals surface area contributed by atoms with Crippen LogP contribution in [0, 0.1) is 0 Å². The molecule has 4 atom stereocenters. The molecule has 1 heterocycles. The van der Waals surface area contributed by atoms with Gasteiger partial charge < -0.3 is 41.7 Å². The van der Waals surface area contributed by atoms with Gasteiger partial charge in [0.05, 0.1) is 12.6 Å². The number of nitrogens with zero attached hydrogens (tertiary/aromatic N) is 1. The maximum absolute atomic E-state index is 13.2. The second kappa shape index (κ2) is 12.9. The van der Waals surface area contributed by atoms with Crippen LogP contribution in [0.15, 0.2) is 48.5 Å². The number of hydrogen-bond acceptors (Lipinski definition) is 8. The minimum atomic E-state index is -1.34. The van der Waals surface area contributed by atoms with Crippen LogP contribution in [0.5, 0.6) is 11.5 Å². The molecule has 0 unspecified atom stereocenters. The summed E-state index contributed by atoms with van der Waals surface area (Å²) in [5.74, 6) is -3.18. The minimum absolute atomic E-state index is 0.0246. The molecule has 0 aliphatic carbocycles. The van der Waals surface area contributed by atoms with Gasteiger partial charge in [0.15, 0.2) is 0 Å². The van der Waals surface area contributed by atoms with Gasteiger partial charge in [0.2, 0.25) is 17.7 Å². The Kier molecular flexibility index (Phi) is 9.63. The molecule has 38 heavy (non-hydrogen) atoms. The first-order valence-corrected chi connectivity index (χ1v) is 12.1. The number of benzene rings is 2. The molecule has 0 spiro atoms. The number of phenolic OH excluding ortho intramolecular Hbond substituents is 2. The van der Waals surface area contributed by atoms with Gasteiger partial charge in [-0.15, -0.1) is 0 Å². The largest absolute Gasteiger partial charge is 0.508 e. The molecular weight excluding hydrogens is 496 g/mol. The first-order chi connectivity index (χ1) is 18.1. The molecular formula is C26H32N4O8. The Bertz CT molecular complexity index is 1140. The van der Waals surface area contributed by atoms with Crippen molar-refractivity contribution in [1.29, 1.82) is 0 Å². The fourth-order valence-corrected chi connectivity index (χ4v) is 4.28. The van der Waals surface area contributed by atoms with Crippen LogP contribution in [0.2, 0.25) is 0 Å². The molecule has 8 N–H and O–H groups in total. The molecule has 0 bridgehead atoms. The molecule has 1 aliphatic rings. The summed E-state index contributed by atoms with van der Waals surface area (Å²) in [7, 11) is 0. The Labute approximate surface area is 219 Å². The van der Waals surface area contributed by atoms with Crippen LogP contribution in [0.3, 0.4) is 0 Å². The summed E-state index contributed by atoms with van der Waals surface area (Å²) in [6.45, 7) is -0.529. The van der Waals surface area contributed by atoms with E-state index in [0.717, 1.165) is 0 Å². The predicted octanol–water partition coefficient (Wildman–Crippen LogP) is -0.752. The SMILES string of the molecule is N[C@@H](Cc1ccc(O)cc1)C(=O)N[C@@H](CO)C(=O)N1CCC[C@H]1C(=O)N[C@@H](Cc1ccc(O)cc1)C(=O)O. The zero-order valence-electron chi connectivity index (χ0n) is 20.6. The maximum atomic E-state index is 13.2. The van der Waals surface area contributed by atoms with Gasteiger partial charge in [-0.05, 0) is 54.7 Å². The van der Waals surface area contributed by atoms with E-state index in [1.165, 1.54) is 29.2 Å². The quantitative estimate of drug-likeness (QED) is 0.196. The summed E-state index contributed by atoms with van der Waals surface area (Å²) < 4.78 is 0. The number of carboxylic acid groups (broad SMARTS) is 1. The van der Waals surface area contributed by atoms with Crippen molar-refractivity contribution in [1.82, 2.24) is 15.5 Å². The molecule has 2 aromatic carbocycles. The van der Waals surface area contributed by atoms with Crippen LogP contribution in [-0.2, 0) is 32.0 Å². The number of phenols is 2. The molecule has 2 aromatic rings. The standard InChI is InChI=1S/C26H32N4O8/c27-19(12-15-3-7-17(32)8-4-15)23(34)29-21(14-31)25(36)30-11-1-2-22(30)24(35)28-20(26(37)38)13-16-5-9-18(33)10-6-16/h3-10,19-22,31-33H,1-2,11-14,27H2,(H,28,35)(H,29,34)(H,37,38)/t19-,20-,21-,22-/m0/s1. The Morgan fingerprint density at radius 1 is 0.895 bits per heavy atom. The highest BCUT2D eigenvalue weighted by Crippen LogP contribution is 2.20. The highest BCUT2D eigenvalue weighted by molar-refractivity contribution is 5.94. The second-order valence-corrected chi connectivity index (χ2v) is 9.18. The average molecular weight is 529 g/mol. The molecule has 12 nitrogen and oxygen atoms in total. The lowest BCUT2D eigenvalue weighted by Crippen LogP contribution is -2.58. The molecule has 1 saturated heterocycles. The minimum Gasteiger partial charge on any atom is -0.508 e. The van der Waals surface area contributed by atoms with Gasteiger partial charge in [-0.25, -0.2) is 4.79 Å². The Morgan fingerprint density at radius 3 is 1.97 bits per heavy atom. The van der Waals surface area contributed by atoms with Crippen LogP contribution < -0.4 is 16.4 Å². The number of likely N-dealkylation sites (tertiary alicyclic amines) is 1. The van der Waals surface area contributed by atoms with Crippen molar-refractivity contribution in [3.63, 3.8) is 0 Å². The van der Waals surface area contributed by atoms with Crippen LogP contribution in [0.25, 0.3) is 0 Å². The zero-order valence-corrected chi connectivity index (χ0v) is 20.6. The van der Waals surface area contributed by atoms with Crippen molar-refractivity contribution in [2.45, 2.75) is 49.9 Å². The number of carbonyl (C=O) groups is 4. The molecule has 1 aliphatic heterocycles. The van der Waals surface area contributed by atoms with Gasteiger partial charge in [0, 0.05) is 13.0 Å². The number of carbonyl (C=O) groups excluding carboxylic acids is 3. The average Bonchev–Trinajstić information content (AvgIpc) is 3.39. The van der Waals surface area contributed by atoms with Gasteiger partial charge >= 0.3 is 5.97 Å². The van der Waals surface area contributed by atoms with Crippen molar-refractivity contribution in [2.75, 3.05) is 13.2 Å². The Morgan fingerprint density at radius 2 is 1.45 bits per heavy atom. The Hall–Kier alpha value is -4.16. The van der Waals surface area contributed by atoms with Crippen LogP contribution in [0.1, 0.15) is 24.0 Å². The third-order valence-corrected chi connectivity index (χ3v) is 6.36. The molecule has 0 saturated carbocycles. The van der Waals surface area contributed by atoms with E-state index in [-0.39, 0.29) is 37.3 Å². The summed E-state index contributed by atoms with van der Waals surface area (Å²) in [5, 5.41) is 43.1. The summed E-state index contributed by atoms with van der Waals surface area (Å²) in [6.07, 6.45) is 0.864. The summed E-state index contributed by atoms with van der Waals surface area (Å²) in [4.78, 5) is 51.7. The number of carboxylic acids is 1. The predicted molar refractivity (Wildman–Crippen MR) is 135 cm³/mol. The topological polar surface area (TPSA) is 203 Å². The lowest BCUT2D eigenvalue weighted by molar-refractivity contribution is -0.145. The highest BCUT2D eigenvalue weighted by Gasteiger charge is 2.39. The normalized spacial score (nSPS) is 17.3. The third-order valence-electron chi connectivity index (χ3n) is 6.36. The van der Waals surface area contributed by atoms with Crippen molar-refractivity contribution in [3.8, 4) is 11.5 Å². The number of aromatic hydroxyl groups is 2. The number of amides is 3. The lowest BCUT2D eigenvalue weighted by Gasteiger charge is -2.29. The van der Waals surface area contributed by atoms with Crippen LogP contribution >= 0.6 is 0 Å². The van der Waals surface area contributed by atoms with Crippen molar-refractivity contribution < 1.29 is 39.6 Å². The van der Waals surface area contributed by atoms with E-state index >= 15 is 0 Å². The zero-order chi connectivity index (χ0) is 27.8. The van der Waals surface area contributed by atoms with Gasteiger partial charge in [-0.3, -0.25) is 14.4 Å². The maximum Gasteiger partial charge on any atom is 0.326 e. The van der Waals surface area contributed by atoms with E-state index < -0.39 is 54.5 Å². The van der Waals surface area contributed by atoms with Crippen LogP contribution in [0.4, 0.5) is 0 Å². The van der Waals surface area contributed by atoms with Gasteiger partial charge in [-0.1, -0.05) is 24.3 Å². The lowest BCUT2D eigenvalue weighted by atomic mass is 10.0. The van der Waals surface area contributed by atoms with Crippen LogP contribution in [-0.4, -0.2) is 86.3 Å². The summed E-state index contributed by atoms with van der Waals surface area (Å²) in [6, 6.07) is 7.43. The number of aliphatic hydroxyl groups excluding tert-OH is 1. The Balaban J connectivity index is 1.61. The molecule has 12 heteroatoms. The number of aliphatic carboxylic acids is 1. The van der Waals surface area contributed by atoms with Crippen molar-refractivity contribution in [3.05, 3.63) is 59.7 Å². The van der Waals surface area contributed by atoms with Gasteiger partial charge in [0.25, 0.3) is 0 Å². The van der Waals surface area contributed by atoms with E-state index in [4.69, 9.17) is 5.73 Å². The summed E-state index contributed by atoms with van der Waals surface area (Å²) in [5.41, 5.74) is 7.23. The fourth-order valence-electron chi connectivity index (χ4n) is 4.28. The molecule has 204 valence electrons. The fraction of sp³-hybridized carbons (Fsp3) is 0.385. The van der Waals surface area contributed by atoms with Gasteiger partial charge in [0.1, 0.15) is 29.6 Å². The molecule has 0 radical (unpaired) electrons. The molecule has 3 rings (SSSR count). The first kappa shape index (κ1) is 28.4.